The Morgan fingerprint density at radius 3 is 2.36 bits per heavy atom. The van der Waals surface area contributed by atoms with Crippen molar-refractivity contribution in [2.75, 3.05) is 0 Å². The van der Waals surface area contributed by atoms with E-state index in [0.29, 0.717) is 0 Å². The van der Waals surface area contributed by atoms with Gasteiger partial charge in [-0.1, -0.05) is 66.7 Å². The number of hydrogen-bond donors (Lipinski definition) is 0. The zero-order valence-electron chi connectivity index (χ0n) is 15.9. The molecule has 0 N–H and O–H groups in total. The lowest BCUT2D eigenvalue weighted by Crippen LogP contribution is -1.92. The van der Waals surface area contributed by atoms with E-state index in [0.717, 1.165) is 13.0 Å². The first-order chi connectivity index (χ1) is 13.8. The van der Waals surface area contributed by atoms with Gasteiger partial charge in [-0.05, 0) is 64.9 Å². The lowest BCUT2D eigenvalue weighted by molar-refractivity contribution is 0.827. The van der Waals surface area contributed by atoms with E-state index in [9.17, 15) is 0 Å². The molecule has 1 nitrogen and oxygen atoms in total. The molecular formula is C27H21N. The molecule has 1 aliphatic rings. The minimum absolute atomic E-state index is 0.984. The Bertz CT molecular complexity index is 1370. The molecule has 28 heavy (non-hydrogen) atoms. The highest BCUT2D eigenvalue weighted by Gasteiger charge is 2.21. The molecule has 0 saturated carbocycles. The molecule has 0 spiro atoms. The van der Waals surface area contributed by atoms with Gasteiger partial charge in [-0.3, -0.25) is 0 Å². The van der Waals surface area contributed by atoms with Gasteiger partial charge in [-0.25, -0.2) is 0 Å². The van der Waals surface area contributed by atoms with Crippen molar-refractivity contribution < 1.29 is 0 Å². The van der Waals surface area contributed by atoms with Gasteiger partial charge in [0.1, 0.15) is 0 Å². The third kappa shape index (κ3) is 2.07. The minimum atomic E-state index is 0.984. The first kappa shape index (κ1) is 15.7. The maximum atomic E-state index is 2.42. The van der Waals surface area contributed by atoms with Crippen molar-refractivity contribution in [2.45, 2.75) is 19.9 Å². The molecule has 1 heteroatoms. The molecule has 6 rings (SSSR count). The smallest absolute Gasteiger partial charge is 0.0491 e. The fraction of sp³-hybridized carbons (Fsp3) is 0.111. The molecule has 0 saturated heterocycles. The van der Waals surface area contributed by atoms with Gasteiger partial charge in [0.15, 0.2) is 0 Å². The lowest BCUT2D eigenvalue weighted by Gasteiger charge is -2.11. The third-order valence-electron chi connectivity index (χ3n) is 6.22. The van der Waals surface area contributed by atoms with Crippen LogP contribution >= 0.6 is 0 Å². The second-order valence-corrected chi connectivity index (χ2v) is 7.67. The maximum Gasteiger partial charge on any atom is 0.0491 e. The Kier molecular flexibility index (Phi) is 3.28. The molecule has 1 aromatic heterocycles. The van der Waals surface area contributed by atoms with Gasteiger partial charge in [0, 0.05) is 28.4 Å². The van der Waals surface area contributed by atoms with Gasteiger partial charge in [-0.15, -0.1) is 0 Å². The Hall–Kier alpha value is -3.32. The van der Waals surface area contributed by atoms with E-state index in [2.05, 4.69) is 96.4 Å². The highest BCUT2D eigenvalue weighted by atomic mass is 15.0. The molecule has 134 valence electrons. The normalized spacial score (nSPS) is 12.5. The fourth-order valence-corrected chi connectivity index (χ4v) is 4.99. The summed E-state index contributed by atoms with van der Waals surface area (Å²) in [6.45, 7) is 3.21. The van der Waals surface area contributed by atoms with Crippen molar-refractivity contribution >= 4 is 21.8 Å². The van der Waals surface area contributed by atoms with Gasteiger partial charge >= 0.3 is 0 Å². The summed E-state index contributed by atoms with van der Waals surface area (Å²) >= 11 is 0. The van der Waals surface area contributed by atoms with Crippen molar-refractivity contribution in [3.63, 3.8) is 0 Å². The topological polar surface area (TPSA) is 4.93 Å². The Morgan fingerprint density at radius 1 is 0.679 bits per heavy atom. The zero-order valence-corrected chi connectivity index (χ0v) is 15.9. The van der Waals surface area contributed by atoms with Crippen LogP contribution in [-0.2, 0) is 13.0 Å². The van der Waals surface area contributed by atoms with Crippen LogP contribution in [0.5, 0.6) is 0 Å². The second-order valence-electron chi connectivity index (χ2n) is 7.67. The number of aryl methyl sites for hydroxylation is 1. The van der Waals surface area contributed by atoms with Crippen LogP contribution in [0.3, 0.4) is 0 Å². The predicted molar refractivity (Wildman–Crippen MR) is 119 cm³/mol. The molecule has 0 amide bonds. The fourth-order valence-electron chi connectivity index (χ4n) is 4.99. The van der Waals surface area contributed by atoms with Crippen LogP contribution in [0.1, 0.15) is 18.1 Å². The van der Waals surface area contributed by atoms with Crippen LogP contribution in [0.2, 0.25) is 0 Å². The summed E-state index contributed by atoms with van der Waals surface area (Å²) in [5.41, 5.74) is 11.0. The molecule has 1 heterocycles. The van der Waals surface area contributed by atoms with Gasteiger partial charge in [0.2, 0.25) is 0 Å². The van der Waals surface area contributed by atoms with Crippen LogP contribution < -0.4 is 0 Å². The van der Waals surface area contributed by atoms with Crippen molar-refractivity contribution in [1.29, 1.82) is 0 Å². The SMILES string of the molecule is CCn1c2ccccc2c2cc(-c3cccc4c3-c3ccccc3C4)ccc21. The van der Waals surface area contributed by atoms with E-state index < -0.39 is 0 Å². The summed E-state index contributed by atoms with van der Waals surface area (Å²) in [6, 6.07) is 31.3. The number of aromatic nitrogens is 1. The molecule has 0 atom stereocenters. The van der Waals surface area contributed by atoms with E-state index >= 15 is 0 Å². The third-order valence-corrected chi connectivity index (χ3v) is 6.22. The van der Waals surface area contributed by atoms with Crippen molar-refractivity contribution in [3.8, 4) is 22.3 Å². The van der Waals surface area contributed by atoms with E-state index in [1.807, 2.05) is 0 Å². The number of fused-ring (bicyclic) bond motifs is 6. The number of benzene rings is 4. The Labute approximate surface area is 164 Å². The van der Waals surface area contributed by atoms with E-state index in [1.54, 1.807) is 0 Å². The molecule has 0 unspecified atom stereocenters. The first-order valence-corrected chi connectivity index (χ1v) is 10.1. The Balaban J connectivity index is 1.64. The summed E-state index contributed by atoms with van der Waals surface area (Å²) in [4.78, 5) is 0. The average Bonchev–Trinajstić information content (AvgIpc) is 3.28. The standard InChI is InChI=1S/C27H21N/c1-2-28-25-13-6-5-11-23(25)24-17-19(14-15-26(24)28)22-12-7-9-20-16-18-8-3-4-10-21(18)27(20)22/h3-15,17H,2,16H2,1H3. The minimum Gasteiger partial charge on any atom is -0.341 e. The second kappa shape index (κ2) is 5.84. The molecule has 4 aromatic carbocycles. The van der Waals surface area contributed by atoms with E-state index in [1.165, 1.54) is 55.2 Å². The van der Waals surface area contributed by atoms with Crippen molar-refractivity contribution in [3.05, 3.63) is 96.1 Å². The quantitative estimate of drug-likeness (QED) is 0.312. The number of nitrogens with zero attached hydrogens (tertiary/aromatic N) is 1. The summed E-state index contributed by atoms with van der Waals surface area (Å²) in [6.07, 6.45) is 1.04. The average molecular weight is 359 g/mol. The Morgan fingerprint density at radius 2 is 1.43 bits per heavy atom. The van der Waals surface area contributed by atoms with Gasteiger partial charge < -0.3 is 4.57 Å². The van der Waals surface area contributed by atoms with Crippen LogP contribution in [0, 0.1) is 0 Å². The number of hydrogen-bond acceptors (Lipinski definition) is 0. The van der Waals surface area contributed by atoms with E-state index in [4.69, 9.17) is 0 Å². The van der Waals surface area contributed by atoms with Crippen molar-refractivity contribution in [1.82, 2.24) is 4.57 Å². The van der Waals surface area contributed by atoms with Crippen LogP contribution in [0.25, 0.3) is 44.1 Å². The summed E-state index contributed by atoms with van der Waals surface area (Å²) in [5.74, 6) is 0. The summed E-state index contributed by atoms with van der Waals surface area (Å²) < 4.78 is 2.42. The lowest BCUT2D eigenvalue weighted by atomic mass is 9.93. The number of para-hydroxylation sites is 1. The molecule has 0 fully saturated rings. The first-order valence-electron chi connectivity index (χ1n) is 10.1. The predicted octanol–water partition coefficient (Wildman–Crippen LogP) is 7.05. The molecule has 5 aromatic rings. The molecule has 0 bridgehead atoms. The number of rotatable bonds is 2. The highest BCUT2D eigenvalue weighted by molar-refractivity contribution is 6.09. The largest absolute Gasteiger partial charge is 0.341 e. The maximum absolute atomic E-state index is 2.42. The molecule has 0 radical (unpaired) electrons. The van der Waals surface area contributed by atoms with Gasteiger partial charge in [0.25, 0.3) is 0 Å². The highest BCUT2D eigenvalue weighted by Crippen LogP contribution is 2.43. The van der Waals surface area contributed by atoms with Gasteiger partial charge in [0.05, 0.1) is 0 Å². The van der Waals surface area contributed by atoms with Gasteiger partial charge in [-0.2, -0.15) is 0 Å². The molecule has 1 aliphatic carbocycles. The molecular weight excluding hydrogens is 338 g/mol. The van der Waals surface area contributed by atoms with Crippen LogP contribution in [0.4, 0.5) is 0 Å². The van der Waals surface area contributed by atoms with Crippen LogP contribution in [0.15, 0.2) is 84.9 Å². The zero-order chi connectivity index (χ0) is 18.7. The van der Waals surface area contributed by atoms with Crippen LogP contribution in [-0.4, -0.2) is 4.57 Å². The van der Waals surface area contributed by atoms with Crippen molar-refractivity contribution in [2.24, 2.45) is 0 Å². The van der Waals surface area contributed by atoms with E-state index in [-0.39, 0.29) is 0 Å². The summed E-state index contributed by atoms with van der Waals surface area (Å²) in [5, 5.41) is 2.69. The summed E-state index contributed by atoms with van der Waals surface area (Å²) in [7, 11) is 0. The monoisotopic (exact) mass is 359 g/mol. The molecule has 0 aliphatic heterocycles.